The Kier molecular flexibility index (Phi) is 5.14. The molecule has 78 valence electrons. The van der Waals surface area contributed by atoms with Crippen LogP contribution < -0.4 is 0 Å². The Morgan fingerprint density at radius 3 is 2.85 bits per heavy atom. The van der Waals surface area contributed by atoms with E-state index in [9.17, 15) is 5.11 Å². The summed E-state index contributed by atoms with van der Waals surface area (Å²) < 4.78 is 5.26. The SMILES string of the molecule is COC1CC(CCSC)CCC1O. The van der Waals surface area contributed by atoms with E-state index in [1.54, 1.807) is 7.11 Å². The molecule has 0 saturated heterocycles. The van der Waals surface area contributed by atoms with Crippen molar-refractivity contribution in [1.29, 1.82) is 0 Å². The Balaban J connectivity index is 2.27. The number of ether oxygens (including phenoxy) is 1. The molecule has 1 fully saturated rings. The number of hydrogen-bond acceptors (Lipinski definition) is 3. The second kappa shape index (κ2) is 5.89. The average Bonchev–Trinajstić information content (AvgIpc) is 2.16. The van der Waals surface area contributed by atoms with E-state index in [1.807, 2.05) is 11.8 Å². The van der Waals surface area contributed by atoms with Gasteiger partial charge in [-0.2, -0.15) is 11.8 Å². The minimum absolute atomic E-state index is 0.0839. The second-order valence-corrected chi connectivity index (χ2v) is 4.79. The van der Waals surface area contributed by atoms with Crippen LogP contribution in [0.1, 0.15) is 25.7 Å². The topological polar surface area (TPSA) is 29.5 Å². The Labute approximate surface area is 85.0 Å². The van der Waals surface area contributed by atoms with E-state index < -0.39 is 0 Å². The van der Waals surface area contributed by atoms with Crippen molar-refractivity contribution in [3.05, 3.63) is 0 Å². The van der Waals surface area contributed by atoms with Crippen molar-refractivity contribution in [3.63, 3.8) is 0 Å². The van der Waals surface area contributed by atoms with E-state index in [2.05, 4.69) is 6.26 Å². The Morgan fingerprint density at radius 2 is 2.23 bits per heavy atom. The lowest BCUT2D eigenvalue weighted by molar-refractivity contribution is -0.0506. The molecule has 0 aromatic rings. The van der Waals surface area contributed by atoms with Crippen LogP contribution in [-0.2, 0) is 4.74 Å². The van der Waals surface area contributed by atoms with E-state index in [0.717, 1.165) is 18.8 Å². The third-order valence-electron chi connectivity index (χ3n) is 2.90. The minimum atomic E-state index is -0.226. The molecule has 0 aliphatic heterocycles. The van der Waals surface area contributed by atoms with E-state index in [0.29, 0.717) is 0 Å². The molecular formula is C10H20O2S. The molecule has 1 aliphatic carbocycles. The van der Waals surface area contributed by atoms with Crippen molar-refractivity contribution in [1.82, 2.24) is 0 Å². The van der Waals surface area contributed by atoms with Crippen LogP contribution in [0.15, 0.2) is 0 Å². The fraction of sp³-hybridized carbons (Fsp3) is 1.00. The second-order valence-electron chi connectivity index (χ2n) is 3.80. The molecule has 1 rings (SSSR count). The van der Waals surface area contributed by atoms with Crippen LogP contribution in [0.3, 0.4) is 0 Å². The van der Waals surface area contributed by atoms with Crippen LogP contribution in [-0.4, -0.2) is 36.4 Å². The fourth-order valence-electron chi connectivity index (χ4n) is 2.00. The number of aliphatic hydroxyl groups is 1. The van der Waals surface area contributed by atoms with E-state index in [4.69, 9.17) is 4.74 Å². The zero-order valence-corrected chi connectivity index (χ0v) is 9.35. The lowest BCUT2D eigenvalue weighted by atomic mass is 9.84. The van der Waals surface area contributed by atoms with Crippen molar-refractivity contribution in [2.75, 3.05) is 19.1 Å². The monoisotopic (exact) mass is 204 g/mol. The maximum absolute atomic E-state index is 9.58. The highest BCUT2D eigenvalue weighted by atomic mass is 32.2. The molecule has 13 heavy (non-hydrogen) atoms. The molecule has 3 atom stereocenters. The van der Waals surface area contributed by atoms with E-state index in [1.165, 1.54) is 18.6 Å². The van der Waals surface area contributed by atoms with Gasteiger partial charge >= 0.3 is 0 Å². The summed E-state index contributed by atoms with van der Waals surface area (Å²) in [6.07, 6.45) is 6.40. The molecule has 1 saturated carbocycles. The number of methoxy groups -OCH3 is 1. The first-order valence-corrected chi connectivity index (χ1v) is 6.37. The molecule has 0 bridgehead atoms. The molecule has 1 aliphatic rings. The summed E-state index contributed by atoms with van der Waals surface area (Å²) in [5, 5.41) is 9.58. The lowest BCUT2D eigenvalue weighted by Gasteiger charge is -2.32. The first kappa shape index (κ1) is 11.3. The Bertz CT molecular complexity index is 139. The van der Waals surface area contributed by atoms with Gasteiger partial charge in [0.1, 0.15) is 0 Å². The third kappa shape index (κ3) is 3.49. The molecular weight excluding hydrogens is 184 g/mol. The lowest BCUT2D eigenvalue weighted by Crippen LogP contribution is -2.35. The molecule has 0 radical (unpaired) electrons. The molecule has 3 heteroatoms. The normalized spacial score (nSPS) is 34.8. The third-order valence-corrected chi connectivity index (χ3v) is 3.54. The van der Waals surface area contributed by atoms with Crippen LogP contribution in [0.5, 0.6) is 0 Å². The molecule has 3 unspecified atom stereocenters. The van der Waals surface area contributed by atoms with Crippen LogP contribution >= 0.6 is 11.8 Å². The first-order valence-electron chi connectivity index (χ1n) is 4.97. The Hall–Kier alpha value is 0.270. The van der Waals surface area contributed by atoms with Gasteiger partial charge in [0, 0.05) is 7.11 Å². The zero-order valence-electron chi connectivity index (χ0n) is 8.53. The molecule has 2 nitrogen and oxygen atoms in total. The van der Waals surface area contributed by atoms with Gasteiger partial charge < -0.3 is 9.84 Å². The summed E-state index contributed by atoms with van der Waals surface area (Å²) in [6, 6.07) is 0. The maximum Gasteiger partial charge on any atom is 0.0832 e. The summed E-state index contributed by atoms with van der Waals surface area (Å²) in [5.41, 5.74) is 0. The van der Waals surface area contributed by atoms with Gasteiger partial charge in [0.2, 0.25) is 0 Å². The van der Waals surface area contributed by atoms with Crippen LogP contribution in [0.25, 0.3) is 0 Å². The van der Waals surface area contributed by atoms with Gasteiger partial charge in [0.25, 0.3) is 0 Å². The summed E-state index contributed by atoms with van der Waals surface area (Å²) in [4.78, 5) is 0. The summed E-state index contributed by atoms with van der Waals surface area (Å²) >= 11 is 1.90. The highest BCUT2D eigenvalue weighted by Crippen LogP contribution is 2.29. The van der Waals surface area contributed by atoms with Gasteiger partial charge in [-0.05, 0) is 43.6 Å². The molecule has 1 N–H and O–H groups in total. The van der Waals surface area contributed by atoms with Gasteiger partial charge in [-0.25, -0.2) is 0 Å². The first-order chi connectivity index (χ1) is 6.27. The van der Waals surface area contributed by atoms with E-state index >= 15 is 0 Å². The molecule has 0 aromatic carbocycles. The van der Waals surface area contributed by atoms with Gasteiger partial charge in [-0.3, -0.25) is 0 Å². The van der Waals surface area contributed by atoms with Crippen LogP contribution in [0.2, 0.25) is 0 Å². The Morgan fingerprint density at radius 1 is 1.46 bits per heavy atom. The van der Waals surface area contributed by atoms with Crippen molar-refractivity contribution >= 4 is 11.8 Å². The minimum Gasteiger partial charge on any atom is -0.390 e. The summed E-state index contributed by atoms with van der Waals surface area (Å²) in [5.74, 6) is 2.00. The van der Waals surface area contributed by atoms with Crippen LogP contribution in [0.4, 0.5) is 0 Å². The quantitative estimate of drug-likeness (QED) is 0.758. The van der Waals surface area contributed by atoms with Gasteiger partial charge in [-0.1, -0.05) is 0 Å². The van der Waals surface area contributed by atoms with Gasteiger partial charge in [0.15, 0.2) is 0 Å². The summed E-state index contributed by atoms with van der Waals surface area (Å²) in [7, 11) is 1.70. The predicted octanol–water partition coefficient (Wildman–Crippen LogP) is 1.92. The number of rotatable bonds is 4. The highest BCUT2D eigenvalue weighted by Gasteiger charge is 2.28. The van der Waals surface area contributed by atoms with Crippen molar-refractivity contribution < 1.29 is 9.84 Å². The molecule has 0 heterocycles. The van der Waals surface area contributed by atoms with Gasteiger partial charge in [-0.15, -0.1) is 0 Å². The number of thioether (sulfide) groups is 1. The maximum atomic E-state index is 9.58. The van der Waals surface area contributed by atoms with Gasteiger partial charge in [0.05, 0.1) is 12.2 Å². The zero-order chi connectivity index (χ0) is 9.68. The van der Waals surface area contributed by atoms with Crippen molar-refractivity contribution in [2.45, 2.75) is 37.9 Å². The fourth-order valence-corrected chi connectivity index (χ4v) is 2.56. The number of aliphatic hydroxyl groups excluding tert-OH is 1. The smallest absolute Gasteiger partial charge is 0.0832 e. The molecule has 0 amide bonds. The molecule has 0 aromatic heterocycles. The predicted molar refractivity (Wildman–Crippen MR) is 57.1 cm³/mol. The summed E-state index contributed by atoms with van der Waals surface area (Å²) in [6.45, 7) is 0. The van der Waals surface area contributed by atoms with Crippen molar-refractivity contribution in [2.24, 2.45) is 5.92 Å². The largest absolute Gasteiger partial charge is 0.390 e. The van der Waals surface area contributed by atoms with E-state index in [-0.39, 0.29) is 12.2 Å². The molecule has 0 spiro atoms. The number of hydrogen-bond donors (Lipinski definition) is 1. The van der Waals surface area contributed by atoms with Crippen molar-refractivity contribution in [3.8, 4) is 0 Å². The highest BCUT2D eigenvalue weighted by molar-refractivity contribution is 7.98. The van der Waals surface area contributed by atoms with Crippen LogP contribution in [0, 0.1) is 5.92 Å². The standard InChI is InChI=1S/C10H20O2S/c1-12-10-7-8(5-6-13-2)3-4-9(10)11/h8-11H,3-7H2,1-2H3. The average molecular weight is 204 g/mol.